The molecule has 7 heteroatoms. The third-order valence-electron chi connectivity index (χ3n) is 4.78. The first-order valence-electron chi connectivity index (χ1n) is 9.80. The molecule has 32 heavy (non-hydrogen) atoms. The summed E-state index contributed by atoms with van der Waals surface area (Å²) in [5, 5.41) is 11.4. The minimum Gasteiger partial charge on any atom is -0.496 e. The van der Waals surface area contributed by atoms with Gasteiger partial charge in [0, 0.05) is 10.4 Å². The third kappa shape index (κ3) is 5.00. The van der Waals surface area contributed by atoms with Crippen molar-refractivity contribution in [1.29, 1.82) is 0 Å². The first-order valence-corrected chi connectivity index (χ1v) is 10.7. The van der Waals surface area contributed by atoms with E-state index in [0.717, 1.165) is 10.4 Å². The highest BCUT2D eigenvalue weighted by molar-refractivity contribution is 7.13. The summed E-state index contributed by atoms with van der Waals surface area (Å²) in [6.07, 6.45) is 3.01. The van der Waals surface area contributed by atoms with Crippen LogP contribution in [-0.2, 0) is 4.79 Å². The van der Waals surface area contributed by atoms with E-state index in [9.17, 15) is 14.7 Å². The number of hydrogen-bond donors (Lipinski definition) is 1. The summed E-state index contributed by atoms with van der Waals surface area (Å²) in [6, 6.07) is 14.5. The maximum absolute atomic E-state index is 13.0. The number of thiophene rings is 1. The van der Waals surface area contributed by atoms with Crippen LogP contribution in [0.25, 0.3) is 16.5 Å². The molecule has 2 aromatic carbocycles. The largest absolute Gasteiger partial charge is 0.496 e. The number of hydrogen-bond acceptors (Lipinski definition) is 6. The number of aliphatic carboxylic acids is 1. The Morgan fingerprint density at radius 2 is 1.66 bits per heavy atom. The minimum absolute atomic E-state index is 0.302. The van der Waals surface area contributed by atoms with Crippen LogP contribution in [0.4, 0.5) is 0 Å². The van der Waals surface area contributed by atoms with Crippen LogP contribution in [-0.4, -0.2) is 36.7 Å². The number of ether oxygens (including phenoxy) is 3. The molecule has 1 heterocycles. The fourth-order valence-corrected chi connectivity index (χ4v) is 3.75. The molecule has 0 saturated carbocycles. The Bertz CT molecular complexity index is 1120. The summed E-state index contributed by atoms with van der Waals surface area (Å²) >= 11 is 1.58. The molecule has 0 atom stereocenters. The van der Waals surface area contributed by atoms with Gasteiger partial charge >= 0.3 is 5.97 Å². The predicted molar refractivity (Wildman–Crippen MR) is 125 cm³/mol. The van der Waals surface area contributed by atoms with Crippen molar-refractivity contribution in [3.63, 3.8) is 0 Å². The maximum Gasteiger partial charge on any atom is 0.347 e. The van der Waals surface area contributed by atoms with Crippen molar-refractivity contribution in [1.82, 2.24) is 0 Å². The van der Waals surface area contributed by atoms with Crippen molar-refractivity contribution < 1.29 is 28.9 Å². The molecule has 0 fully saturated rings. The van der Waals surface area contributed by atoms with E-state index < -0.39 is 11.6 Å². The summed E-state index contributed by atoms with van der Waals surface area (Å²) in [4.78, 5) is 25.6. The molecule has 1 N–H and O–H groups in total. The summed E-state index contributed by atoms with van der Waals surface area (Å²) in [5.41, 5.74) is 0.370. The van der Waals surface area contributed by atoms with Crippen molar-refractivity contribution in [3.05, 3.63) is 71.1 Å². The molecule has 0 aliphatic carbocycles. The Morgan fingerprint density at radius 1 is 0.969 bits per heavy atom. The Labute approximate surface area is 190 Å². The lowest BCUT2D eigenvalue weighted by Crippen LogP contribution is -2.38. The topological polar surface area (TPSA) is 82.1 Å². The van der Waals surface area contributed by atoms with E-state index in [1.807, 2.05) is 29.6 Å². The summed E-state index contributed by atoms with van der Waals surface area (Å²) in [6.45, 7) is 2.95. The van der Waals surface area contributed by atoms with Crippen molar-refractivity contribution >= 4 is 29.2 Å². The van der Waals surface area contributed by atoms with E-state index >= 15 is 0 Å². The van der Waals surface area contributed by atoms with Gasteiger partial charge in [-0.3, -0.25) is 4.79 Å². The zero-order chi connectivity index (χ0) is 23.3. The molecule has 1 aromatic heterocycles. The number of allylic oxidation sites excluding steroid dienone is 1. The lowest BCUT2D eigenvalue weighted by Gasteiger charge is -2.23. The van der Waals surface area contributed by atoms with E-state index in [4.69, 9.17) is 14.2 Å². The predicted octanol–water partition coefficient (Wildman–Crippen LogP) is 5.57. The van der Waals surface area contributed by atoms with Crippen molar-refractivity contribution in [2.24, 2.45) is 0 Å². The molecule has 0 aliphatic heterocycles. The molecule has 3 aromatic rings. The van der Waals surface area contributed by atoms with Gasteiger partial charge in [0.25, 0.3) is 0 Å². The number of carboxylic acid groups (broad SMARTS) is 1. The van der Waals surface area contributed by atoms with E-state index in [1.165, 1.54) is 34.1 Å². The lowest BCUT2D eigenvalue weighted by atomic mass is 10.0. The number of rotatable bonds is 9. The highest BCUT2D eigenvalue weighted by atomic mass is 32.1. The number of methoxy groups -OCH3 is 2. The number of carbonyl (C=O) groups excluding carboxylic acids is 1. The normalized spacial score (nSPS) is 11.4. The van der Waals surface area contributed by atoms with E-state index in [0.29, 0.717) is 28.4 Å². The zero-order valence-corrected chi connectivity index (χ0v) is 19.1. The van der Waals surface area contributed by atoms with Crippen LogP contribution in [0.2, 0.25) is 0 Å². The second-order valence-electron chi connectivity index (χ2n) is 7.38. The van der Waals surface area contributed by atoms with Gasteiger partial charge in [-0.15, -0.1) is 11.3 Å². The van der Waals surface area contributed by atoms with Crippen molar-refractivity contribution in [2.45, 2.75) is 19.4 Å². The van der Waals surface area contributed by atoms with Gasteiger partial charge < -0.3 is 19.3 Å². The third-order valence-corrected chi connectivity index (χ3v) is 5.70. The van der Waals surface area contributed by atoms with Crippen LogP contribution in [0.5, 0.6) is 17.2 Å². The minimum atomic E-state index is -1.44. The van der Waals surface area contributed by atoms with Crippen LogP contribution in [0.15, 0.2) is 60.0 Å². The summed E-state index contributed by atoms with van der Waals surface area (Å²) in [7, 11) is 2.97. The van der Waals surface area contributed by atoms with Gasteiger partial charge in [-0.25, -0.2) is 4.79 Å². The average Bonchev–Trinajstić information content (AvgIpc) is 3.32. The Kier molecular flexibility index (Phi) is 7.00. The van der Waals surface area contributed by atoms with Crippen LogP contribution in [0.1, 0.15) is 29.8 Å². The molecule has 0 saturated heterocycles. The summed E-state index contributed by atoms with van der Waals surface area (Å²) in [5.74, 6) is -0.257. The molecule has 0 spiro atoms. The SMILES string of the molecule is COc1cccc(OC)c1C(=O)C=Cc1cc(-c2cccs2)ccc1OC(C)(C)C(=O)O. The zero-order valence-electron chi connectivity index (χ0n) is 18.2. The highest BCUT2D eigenvalue weighted by Crippen LogP contribution is 2.33. The van der Waals surface area contributed by atoms with E-state index in [-0.39, 0.29) is 5.78 Å². The van der Waals surface area contributed by atoms with Gasteiger partial charge in [-0.05, 0) is 73.3 Å². The van der Waals surface area contributed by atoms with Gasteiger partial charge in [-0.1, -0.05) is 12.1 Å². The lowest BCUT2D eigenvalue weighted by molar-refractivity contribution is -0.152. The number of carboxylic acids is 1. The fourth-order valence-electron chi connectivity index (χ4n) is 3.03. The van der Waals surface area contributed by atoms with Gasteiger partial charge in [0.05, 0.1) is 14.2 Å². The fraction of sp³-hybridized carbons (Fsp3) is 0.200. The monoisotopic (exact) mass is 452 g/mol. The van der Waals surface area contributed by atoms with E-state index in [2.05, 4.69) is 0 Å². The summed E-state index contributed by atoms with van der Waals surface area (Å²) < 4.78 is 16.4. The highest BCUT2D eigenvalue weighted by Gasteiger charge is 2.30. The molecule has 0 amide bonds. The molecule has 0 unspecified atom stereocenters. The quantitative estimate of drug-likeness (QED) is 0.338. The average molecular weight is 453 g/mol. The second kappa shape index (κ2) is 9.70. The van der Waals surface area contributed by atoms with Crippen LogP contribution in [0, 0.1) is 0 Å². The van der Waals surface area contributed by atoms with Gasteiger partial charge in [0.2, 0.25) is 0 Å². The number of ketones is 1. The molecule has 0 radical (unpaired) electrons. The first kappa shape index (κ1) is 23.1. The Hall–Kier alpha value is -3.58. The first-order chi connectivity index (χ1) is 15.3. The Balaban J connectivity index is 2.03. The molecule has 3 rings (SSSR count). The van der Waals surface area contributed by atoms with Crippen molar-refractivity contribution in [3.8, 4) is 27.7 Å². The molecule has 0 aliphatic rings. The molecule has 6 nitrogen and oxygen atoms in total. The molecule has 0 bridgehead atoms. The van der Waals surface area contributed by atoms with Gasteiger partial charge in [-0.2, -0.15) is 0 Å². The van der Waals surface area contributed by atoms with Crippen LogP contribution < -0.4 is 14.2 Å². The number of carbonyl (C=O) groups is 2. The molecule has 166 valence electrons. The molecular weight excluding hydrogens is 428 g/mol. The van der Waals surface area contributed by atoms with Crippen LogP contribution in [0.3, 0.4) is 0 Å². The standard InChI is InChI=1S/C25H24O6S/c1-25(2,24(27)28)31-19-13-11-17(22-9-6-14-32-22)15-16(19)10-12-18(26)23-20(29-3)7-5-8-21(23)30-4/h5-15H,1-4H3,(H,27,28). The van der Waals surface area contributed by atoms with E-state index in [1.54, 1.807) is 41.7 Å². The van der Waals surface area contributed by atoms with Gasteiger partial charge in [0.1, 0.15) is 22.8 Å². The maximum atomic E-state index is 13.0. The number of benzene rings is 2. The van der Waals surface area contributed by atoms with Gasteiger partial charge in [0.15, 0.2) is 11.4 Å². The Morgan fingerprint density at radius 3 is 2.22 bits per heavy atom. The second-order valence-corrected chi connectivity index (χ2v) is 8.33. The molecular formula is C25H24O6S. The van der Waals surface area contributed by atoms with Crippen LogP contribution >= 0.6 is 11.3 Å². The van der Waals surface area contributed by atoms with Crippen molar-refractivity contribution in [2.75, 3.05) is 14.2 Å². The smallest absolute Gasteiger partial charge is 0.347 e.